The van der Waals surface area contributed by atoms with Gasteiger partial charge in [0.1, 0.15) is 0 Å². The molecular formula is C18H42MgO4. The minimum absolute atomic E-state index is 0. The van der Waals surface area contributed by atoms with E-state index in [1.165, 1.54) is 83.5 Å². The molecule has 0 radical (unpaired) electrons. The first-order valence-electron chi connectivity index (χ1n) is 8.99. The first-order chi connectivity index (χ1) is 9.77. The van der Waals surface area contributed by atoms with Gasteiger partial charge in [0.25, 0.3) is 0 Å². The van der Waals surface area contributed by atoms with E-state index in [1.54, 1.807) is 0 Å². The predicted molar refractivity (Wildman–Crippen MR) is 102 cm³/mol. The van der Waals surface area contributed by atoms with Crippen molar-refractivity contribution in [2.24, 2.45) is 0 Å². The Hall–Kier alpha value is 0.156. The first kappa shape index (κ1) is 31.0. The van der Waals surface area contributed by atoms with Crippen LogP contribution in [0.5, 0.6) is 0 Å². The van der Waals surface area contributed by atoms with E-state index in [4.69, 9.17) is 5.11 Å². The number of aliphatic carboxylic acids is 1. The van der Waals surface area contributed by atoms with Gasteiger partial charge in [-0.1, -0.05) is 96.8 Å². The second-order valence-electron chi connectivity index (χ2n) is 6.09. The van der Waals surface area contributed by atoms with Crippen LogP contribution in [0.1, 0.15) is 113 Å². The predicted octanol–water partition coefficient (Wildman–Crippen LogP) is 4.53. The van der Waals surface area contributed by atoms with Gasteiger partial charge in [0.2, 0.25) is 0 Å². The molecule has 5 N–H and O–H groups in total. The molecule has 0 bridgehead atoms. The maximum atomic E-state index is 10.3. The molecule has 0 aromatic rings. The Morgan fingerprint density at radius 2 is 0.913 bits per heavy atom. The molecule has 0 rings (SSSR count). The van der Waals surface area contributed by atoms with Crippen LogP contribution < -0.4 is 0 Å². The Morgan fingerprint density at radius 3 is 1.17 bits per heavy atom. The molecule has 5 heteroatoms. The minimum atomic E-state index is -0.653. The van der Waals surface area contributed by atoms with Crippen LogP contribution in [-0.4, -0.2) is 45.1 Å². The number of unbranched alkanes of at least 4 members (excludes halogenated alkanes) is 14. The molecule has 0 aromatic heterocycles. The van der Waals surface area contributed by atoms with E-state index in [9.17, 15) is 4.79 Å². The Labute approximate surface area is 162 Å². The van der Waals surface area contributed by atoms with E-state index >= 15 is 0 Å². The number of hydrogen-bond donors (Lipinski definition) is 1. The van der Waals surface area contributed by atoms with Crippen LogP contribution in [0.4, 0.5) is 0 Å². The van der Waals surface area contributed by atoms with Crippen LogP contribution in [0.2, 0.25) is 0 Å². The van der Waals surface area contributed by atoms with Gasteiger partial charge in [0, 0.05) is 6.42 Å². The van der Waals surface area contributed by atoms with E-state index in [-0.39, 0.29) is 36.9 Å². The van der Waals surface area contributed by atoms with Gasteiger partial charge in [0.15, 0.2) is 0 Å². The molecule has 0 spiro atoms. The minimum Gasteiger partial charge on any atom is -1.00 e. The molecule has 23 heavy (non-hydrogen) atoms. The van der Waals surface area contributed by atoms with Crippen molar-refractivity contribution in [3.8, 4) is 0 Å². The molecule has 0 saturated carbocycles. The topological polar surface area (TPSA) is 100 Å². The van der Waals surface area contributed by atoms with Crippen LogP contribution >= 0.6 is 0 Å². The molecule has 0 unspecified atom stereocenters. The van der Waals surface area contributed by atoms with Gasteiger partial charge < -0.3 is 18.9 Å². The molecule has 0 aromatic carbocycles. The molecule has 0 aliphatic carbocycles. The second-order valence-corrected chi connectivity index (χ2v) is 6.09. The number of carboxylic acids is 1. The van der Waals surface area contributed by atoms with E-state index in [0.29, 0.717) is 6.42 Å². The Kier molecular flexibility index (Phi) is 36.4. The molecule has 4 nitrogen and oxygen atoms in total. The quantitative estimate of drug-likeness (QED) is 0.328. The van der Waals surface area contributed by atoms with Gasteiger partial charge in [-0.05, 0) is 6.42 Å². The van der Waals surface area contributed by atoms with Gasteiger partial charge in [-0.15, -0.1) is 0 Å². The van der Waals surface area contributed by atoms with E-state index in [1.807, 2.05) is 0 Å². The molecular weight excluding hydrogens is 304 g/mol. The summed E-state index contributed by atoms with van der Waals surface area (Å²) >= 11 is 0. The fourth-order valence-electron chi connectivity index (χ4n) is 2.65. The SMILES string of the molecule is CCCCCCCCCCCCCCCCCC(=O)O.O.O.[H-].[H-].[Mg+2]. The van der Waals surface area contributed by atoms with Crippen molar-refractivity contribution in [1.82, 2.24) is 0 Å². The van der Waals surface area contributed by atoms with Crippen LogP contribution in [0, 0.1) is 0 Å². The zero-order valence-corrected chi connectivity index (χ0v) is 16.8. The summed E-state index contributed by atoms with van der Waals surface area (Å²) in [6.07, 6.45) is 20.2. The molecule has 0 aliphatic heterocycles. The van der Waals surface area contributed by atoms with Crippen molar-refractivity contribution in [2.45, 2.75) is 110 Å². The second kappa shape index (κ2) is 27.0. The zero-order valence-electron chi connectivity index (χ0n) is 17.4. The summed E-state index contributed by atoms with van der Waals surface area (Å²) in [5.41, 5.74) is 0. The zero-order chi connectivity index (χ0) is 14.9. The third-order valence-corrected chi connectivity index (χ3v) is 3.99. The van der Waals surface area contributed by atoms with E-state index < -0.39 is 5.97 Å². The number of hydrogen-bond acceptors (Lipinski definition) is 1. The molecule has 0 aliphatic rings. The van der Waals surface area contributed by atoms with Crippen molar-refractivity contribution >= 4 is 29.0 Å². The van der Waals surface area contributed by atoms with Crippen LogP contribution in [0.3, 0.4) is 0 Å². The fourth-order valence-corrected chi connectivity index (χ4v) is 2.65. The van der Waals surface area contributed by atoms with Crippen LogP contribution in [-0.2, 0) is 4.79 Å². The maximum absolute atomic E-state index is 10.3. The number of carboxylic acid groups (broad SMARTS) is 1. The van der Waals surface area contributed by atoms with Crippen LogP contribution in [0.15, 0.2) is 0 Å². The maximum Gasteiger partial charge on any atom is 2.00 e. The molecule has 0 atom stereocenters. The van der Waals surface area contributed by atoms with Gasteiger partial charge in [0.05, 0.1) is 0 Å². The van der Waals surface area contributed by atoms with Gasteiger partial charge in [-0.2, -0.15) is 0 Å². The third kappa shape index (κ3) is 30.6. The summed E-state index contributed by atoms with van der Waals surface area (Å²) in [6.45, 7) is 2.27. The molecule has 0 saturated heterocycles. The molecule has 140 valence electrons. The number of carbonyl (C=O) groups is 1. The van der Waals surface area contributed by atoms with Crippen molar-refractivity contribution in [1.29, 1.82) is 0 Å². The Bertz CT molecular complexity index is 223. The summed E-state index contributed by atoms with van der Waals surface area (Å²) in [5.74, 6) is -0.653. The average molecular weight is 347 g/mol. The summed E-state index contributed by atoms with van der Waals surface area (Å²) in [4.78, 5) is 10.3. The van der Waals surface area contributed by atoms with E-state index in [0.717, 1.165) is 12.8 Å². The van der Waals surface area contributed by atoms with Crippen molar-refractivity contribution < 1.29 is 23.7 Å². The van der Waals surface area contributed by atoms with Crippen molar-refractivity contribution in [3.05, 3.63) is 0 Å². The summed E-state index contributed by atoms with van der Waals surface area (Å²) in [6, 6.07) is 0. The van der Waals surface area contributed by atoms with E-state index in [2.05, 4.69) is 6.92 Å². The fraction of sp³-hybridized carbons (Fsp3) is 0.944. The standard InChI is InChI=1S/C18H36O2.Mg.2H2O.2H/c1-2-3-4-5-6-7-8-9-10-11-12-13-14-15-16-17-18(19)20;;;;;/h2-17H2,1H3,(H,19,20);;2*1H2;;/q;+2;;;2*-1. The van der Waals surface area contributed by atoms with Gasteiger partial charge >= 0.3 is 29.0 Å². The normalized spacial score (nSPS) is 9.43. The monoisotopic (exact) mass is 346 g/mol. The molecule has 0 heterocycles. The summed E-state index contributed by atoms with van der Waals surface area (Å²) in [7, 11) is 0. The third-order valence-electron chi connectivity index (χ3n) is 3.99. The van der Waals surface area contributed by atoms with Gasteiger partial charge in [-0.3, -0.25) is 4.79 Å². The van der Waals surface area contributed by atoms with Gasteiger partial charge in [-0.25, -0.2) is 0 Å². The first-order valence-corrected chi connectivity index (χ1v) is 8.99. The average Bonchev–Trinajstić information content (AvgIpc) is 2.43. The van der Waals surface area contributed by atoms with Crippen molar-refractivity contribution in [3.63, 3.8) is 0 Å². The number of rotatable bonds is 16. The van der Waals surface area contributed by atoms with Crippen LogP contribution in [0.25, 0.3) is 0 Å². The van der Waals surface area contributed by atoms with Crippen molar-refractivity contribution in [2.75, 3.05) is 0 Å². The Balaban J connectivity index is -0.000000180. The summed E-state index contributed by atoms with van der Waals surface area (Å²) < 4.78 is 0. The molecule has 0 amide bonds. The summed E-state index contributed by atoms with van der Waals surface area (Å²) in [5, 5.41) is 8.52. The largest absolute Gasteiger partial charge is 2.00 e. The Morgan fingerprint density at radius 1 is 0.652 bits per heavy atom. The molecule has 0 fully saturated rings. The smallest absolute Gasteiger partial charge is 1.00 e.